The Morgan fingerprint density at radius 3 is 2.88 bits per heavy atom. The molecule has 0 saturated heterocycles. The maximum Gasteiger partial charge on any atom is 0.234 e. The van der Waals surface area contributed by atoms with E-state index in [9.17, 15) is 13.6 Å². The summed E-state index contributed by atoms with van der Waals surface area (Å²) in [6.45, 7) is 0. The Kier molecular flexibility index (Phi) is 5.44. The number of nitrogens with one attached hydrogen (secondary N) is 2. The van der Waals surface area contributed by atoms with Crippen molar-refractivity contribution >= 4 is 23.4 Å². The van der Waals surface area contributed by atoms with Gasteiger partial charge in [-0.1, -0.05) is 37.4 Å². The summed E-state index contributed by atoms with van der Waals surface area (Å²) in [7, 11) is 0. The minimum absolute atomic E-state index is 0.0427. The van der Waals surface area contributed by atoms with Crippen molar-refractivity contribution in [1.29, 1.82) is 0 Å². The summed E-state index contributed by atoms with van der Waals surface area (Å²) in [4.78, 5) is 16.2. The van der Waals surface area contributed by atoms with Crippen molar-refractivity contribution in [1.82, 2.24) is 15.2 Å². The van der Waals surface area contributed by atoms with Crippen LogP contribution in [0.2, 0.25) is 0 Å². The molecule has 3 rings (SSSR count). The lowest BCUT2D eigenvalue weighted by Gasteiger charge is -2.05. The van der Waals surface area contributed by atoms with Gasteiger partial charge in [0.1, 0.15) is 17.5 Å². The average molecular weight is 352 g/mol. The second kappa shape index (κ2) is 7.74. The predicted octanol–water partition coefficient (Wildman–Crippen LogP) is 3.55. The topological polar surface area (TPSA) is 70.7 Å². The number of halogens is 2. The highest BCUT2D eigenvalue weighted by Gasteiger charge is 2.17. The number of aromatic amines is 1. The van der Waals surface area contributed by atoms with Gasteiger partial charge < -0.3 is 5.32 Å². The first kappa shape index (κ1) is 16.9. The molecule has 0 unspecified atom stereocenters. The van der Waals surface area contributed by atoms with E-state index in [1.54, 1.807) is 0 Å². The summed E-state index contributed by atoms with van der Waals surface area (Å²) in [5.41, 5.74) is -0.0427. The van der Waals surface area contributed by atoms with E-state index in [4.69, 9.17) is 0 Å². The Bertz CT molecular complexity index is 716. The number of benzene rings is 1. The van der Waals surface area contributed by atoms with Gasteiger partial charge in [-0.3, -0.25) is 9.89 Å². The third-order valence-corrected chi connectivity index (χ3v) is 4.85. The molecule has 1 fully saturated rings. The zero-order valence-electron chi connectivity index (χ0n) is 13.0. The number of rotatable bonds is 6. The molecule has 0 spiro atoms. The molecule has 0 bridgehead atoms. The molecule has 1 heterocycles. The third-order valence-electron chi connectivity index (χ3n) is 4.01. The molecule has 2 N–H and O–H groups in total. The summed E-state index contributed by atoms with van der Waals surface area (Å²) in [5.74, 6) is -0.319. The normalized spacial score (nSPS) is 14.9. The Hall–Kier alpha value is -1.96. The number of H-pyrrole nitrogens is 1. The van der Waals surface area contributed by atoms with Gasteiger partial charge in [-0.05, 0) is 18.1 Å². The lowest BCUT2D eigenvalue weighted by molar-refractivity contribution is -0.113. The number of carbonyl (C=O) groups is 1. The van der Waals surface area contributed by atoms with Gasteiger partial charge in [0, 0.05) is 12.5 Å². The molecule has 0 atom stereocenters. The van der Waals surface area contributed by atoms with Gasteiger partial charge in [0.05, 0.1) is 11.4 Å². The van der Waals surface area contributed by atoms with E-state index in [0.717, 1.165) is 24.4 Å². The third kappa shape index (κ3) is 4.53. The molecule has 0 aliphatic heterocycles. The molecule has 128 valence electrons. The van der Waals surface area contributed by atoms with E-state index in [2.05, 4.69) is 20.5 Å². The van der Waals surface area contributed by atoms with E-state index >= 15 is 0 Å². The zero-order valence-corrected chi connectivity index (χ0v) is 13.8. The molecule has 1 amide bonds. The Morgan fingerprint density at radius 2 is 2.12 bits per heavy atom. The molecule has 1 aromatic heterocycles. The lowest BCUT2D eigenvalue weighted by atomic mass is 10.0. The highest BCUT2D eigenvalue weighted by Crippen LogP contribution is 2.27. The number of carbonyl (C=O) groups excluding carboxylic acids is 1. The monoisotopic (exact) mass is 352 g/mol. The van der Waals surface area contributed by atoms with Crippen molar-refractivity contribution in [3.05, 3.63) is 35.7 Å². The largest absolute Gasteiger partial charge is 0.323 e. The summed E-state index contributed by atoms with van der Waals surface area (Å²) >= 11 is 1.17. The van der Waals surface area contributed by atoms with Crippen molar-refractivity contribution in [3.8, 4) is 0 Å². The molecular formula is C16H18F2N4OS. The van der Waals surface area contributed by atoms with Crippen LogP contribution >= 0.6 is 11.8 Å². The fourth-order valence-electron chi connectivity index (χ4n) is 2.83. The van der Waals surface area contributed by atoms with Gasteiger partial charge in [0.15, 0.2) is 0 Å². The standard InChI is InChI=1S/C16H18F2N4OS/c17-11-5-6-13(12(18)8-11)19-15(23)9-24-16-20-14(21-22-16)7-10-3-1-2-4-10/h5-6,8,10H,1-4,7,9H2,(H,19,23)(H,20,21,22). The average Bonchev–Trinajstić information content (AvgIpc) is 3.20. The molecule has 1 aliphatic carbocycles. The van der Waals surface area contributed by atoms with Crippen LogP contribution in [-0.2, 0) is 11.2 Å². The van der Waals surface area contributed by atoms with Crippen LogP contribution in [0, 0.1) is 17.6 Å². The van der Waals surface area contributed by atoms with Crippen LogP contribution in [0.4, 0.5) is 14.5 Å². The first-order valence-electron chi connectivity index (χ1n) is 7.89. The van der Waals surface area contributed by atoms with E-state index < -0.39 is 17.5 Å². The van der Waals surface area contributed by atoms with Crippen LogP contribution in [0.5, 0.6) is 0 Å². The van der Waals surface area contributed by atoms with Crippen molar-refractivity contribution in [3.63, 3.8) is 0 Å². The predicted molar refractivity (Wildman–Crippen MR) is 87.8 cm³/mol. The van der Waals surface area contributed by atoms with Crippen LogP contribution in [0.1, 0.15) is 31.5 Å². The maximum absolute atomic E-state index is 13.5. The van der Waals surface area contributed by atoms with Crippen molar-refractivity contribution < 1.29 is 13.6 Å². The number of thioether (sulfide) groups is 1. The van der Waals surface area contributed by atoms with Crippen LogP contribution in [0.25, 0.3) is 0 Å². The molecule has 0 radical (unpaired) electrons. The van der Waals surface area contributed by atoms with E-state index in [0.29, 0.717) is 11.1 Å². The smallest absolute Gasteiger partial charge is 0.234 e. The maximum atomic E-state index is 13.5. The summed E-state index contributed by atoms with van der Waals surface area (Å²) in [6, 6.07) is 3.02. The van der Waals surface area contributed by atoms with Crippen molar-refractivity contribution in [2.75, 3.05) is 11.1 Å². The first-order valence-corrected chi connectivity index (χ1v) is 8.87. The zero-order chi connectivity index (χ0) is 16.9. The SMILES string of the molecule is O=C(CSc1n[nH]c(CC2CCCC2)n1)Nc1ccc(F)cc1F. The van der Waals surface area contributed by atoms with Crippen molar-refractivity contribution in [2.45, 2.75) is 37.3 Å². The second-order valence-electron chi connectivity index (χ2n) is 5.88. The quantitative estimate of drug-likeness (QED) is 0.780. The Morgan fingerprint density at radius 1 is 1.33 bits per heavy atom. The van der Waals surface area contributed by atoms with Gasteiger partial charge in [0.2, 0.25) is 11.1 Å². The van der Waals surface area contributed by atoms with Crippen molar-refractivity contribution in [2.24, 2.45) is 5.92 Å². The fraction of sp³-hybridized carbons (Fsp3) is 0.438. The number of anilines is 1. The lowest BCUT2D eigenvalue weighted by Crippen LogP contribution is -2.15. The second-order valence-corrected chi connectivity index (χ2v) is 6.82. The number of aromatic nitrogens is 3. The summed E-state index contributed by atoms with van der Waals surface area (Å²) in [6.07, 6.45) is 5.91. The fourth-order valence-corrected chi connectivity index (χ4v) is 3.45. The highest BCUT2D eigenvalue weighted by atomic mass is 32.2. The minimum Gasteiger partial charge on any atom is -0.323 e. The van der Waals surface area contributed by atoms with Gasteiger partial charge in [0.25, 0.3) is 0 Å². The van der Waals surface area contributed by atoms with Crippen LogP contribution in [0.15, 0.2) is 23.4 Å². The van der Waals surface area contributed by atoms with Crippen LogP contribution in [0.3, 0.4) is 0 Å². The van der Waals surface area contributed by atoms with E-state index in [1.807, 2.05) is 0 Å². The molecule has 1 saturated carbocycles. The molecule has 8 heteroatoms. The number of hydrogen-bond acceptors (Lipinski definition) is 4. The molecule has 24 heavy (non-hydrogen) atoms. The minimum atomic E-state index is -0.801. The highest BCUT2D eigenvalue weighted by molar-refractivity contribution is 7.99. The number of hydrogen-bond donors (Lipinski definition) is 2. The molecule has 1 aromatic carbocycles. The summed E-state index contributed by atoms with van der Waals surface area (Å²) in [5, 5.41) is 9.90. The number of nitrogens with zero attached hydrogens (tertiary/aromatic N) is 2. The van der Waals surface area contributed by atoms with E-state index in [-0.39, 0.29) is 11.4 Å². The molecule has 1 aliphatic rings. The first-order chi connectivity index (χ1) is 11.6. The Balaban J connectivity index is 1.48. The molecule has 2 aromatic rings. The van der Waals surface area contributed by atoms with Gasteiger partial charge in [-0.25, -0.2) is 13.8 Å². The van der Waals surface area contributed by atoms with E-state index in [1.165, 1.54) is 43.5 Å². The van der Waals surface area contributed by atoms with Gasteiger partial charge in [-0.15, -0.1) is 5.10 Å². The molecular weight excluding hydrogens is 334 g/mol. The van der Waals surface area contributed by atoms with Crippen LogP contribution < -0.4 is 5.32 Å². The van der Waals surface area contributed by atoms with Crippen LogP contribution in [-0.4, -0.2) is 26.8 Å². The Labute approximate surface area is 142 Å². The summed E-state index contributed by atoms with van der Waals surface area (Å²) < 4.78 is 26.3. The van der Waals surface area contributed by atoms with Gasteiger partial charge >= 0.3 is 0 Å². The number of amides is 1. The molecule has 5 nitrogen and oxygen atoms in total. The van der Waals surface area contributed by atoms with Gasteiger partial charge in [-0.2, -0.15) is 0 Å².